The van der Waals surface area contributed by atoms with Gasteiger partial charge in [-0.25, -0.2) is 0 Å². The van der Waals surface area contributed by atoms with Gasteiger partial charge in [-0.05, 0) is 62.7 Å². The minimum absolute atomic E-state index is 0.0134. The molecular weight excluding hydrogens is 368 g/mol. The Labute approximate surface area is 172 Å². The molecule has 1 saturated heterocycles. The summed E-state index contributed by atoms with van der Waals surface area (Å²) in [6.45, 7) is 5.06. The van der Waals surface area contributed by atoms with Gasteiger partial charge in [0.25, 0.3) is 0 Å². The lowest BCUT2D eigenvalue weighted by Gasteiger charge is -2.29. The number of aromatic nitrogens is 2. The minimum Gasteiger partial charge on any atom is -0.395 e. The number of aryl methyl sites for hydroxylation is 1. The number of hydrogen-bond donors (Lipinski definition) is 2. The molecule has 0 spiro atoms. The Morgan fingerprint density at radius 1 is 1.21 bits per heavy atom. The molecule has 2 aliphatic rings. The first kappa shape index (κ1) is 19.4. The lowest BCUT2D eigenvalue weighted by molar-refractivity contribution is 0.222. The van der Waals surface area contributed by atoms with Gasteiger partial charge in [0.1, 0.15) is 0 Å². The van der Waals surface area contributed by atoms with Crippen LogP contribution >= 0.6 is 12.2 Å². The van der Waals surface area contributed by atoms with Crippen molar-refractivity contribution in [2.75, 3.05) is 13.2 Å². The van der Waals surface area contributed by atoms with Crippen molar-refractivity contribution in [1.82, 2.24) is 19.8 Å². The van der Waals surface area contributed by atoms with Crippen molar-refractivity contribution in [2.24, 2.45) is 0 Å². The molecule has 4 rings (SSSR count). The molecule has 2 aromatic heterocycles. The fraction of sp³-hybridized carbons (Fsp3) is 0.545. The Balaban J connectivity index is 1.76. The lowest BCUT2D eigenvalue weighted by Crippen LogP contribution is -2.32. The Morgan fingerprint density at radius 3 is 2.68 bits per heavy atom. The van der Waals surface area contributed by atoms with Gasteiger partial charge < -0.3 is 19.9 Å². The van der Waals surface area contributed by atoms with Crippen molar-refractivity contribution in [3.05, 3.63) is 53.1 Å². The number of thiocarbonyl (C=S) groups is 1. The maximum Gasteiger partial charge on any atom is 0.170 e. The van der Waals surface area contributed by atoms with Gasteiger partial charge in [-0.3, -0.25) is 4.98 Å². The van der Waals surface area contributed by atoms with E-state index in [4.69, 9.17) is 12.2 Å². The lowest BCUT2D eigenvalue weighted by atomic mass is 9.94. The second-order valence-corrected chi connectivity index (χ2v) is 8.42. The number of aliphatic hydroxyl groups is 1. The van der Waals surface area contributed by atoms with Crippen molar-refractivity contribution >= 4 is 17.3 Å². The highest BCUT2D eigenvalue weighted by molar-refractivity contribution is 7.80. The van der Waals surface area contributed by atoms with Gasteiger partial charge in [-0.2, -0.15) is 0 Å². The highest BCUT2D eigenvalue weighted by Crippen LogP contribution is 2.42. The molecular formula is C22H30N4OS. The Bertz CT molecular complexity index is 829. The second-order valence-electron chi connectivity index (χ2n) is 8.03. The van der Waals surface area contributed by atoms with Crippen molar-refractivity contribution in [1.29, 1.82) is 0 Å². The van der Waals surface area contributed by atoms with Gasteiger partial charge in [0, 0.05) is 30.2 Å². The predicted molar refractivity (Wildman–Crippen MR) is 115 cm³/mol. The second kappa shape index (κ2) is 8.21. The summed E-state index contributed by atoms with van der Waals surface area (Å²) >= 11 is 5.64. The van der Waals surface area contributed by atoms with Crippen molar-refractivity contribution < 1.29 is 5.11 Å². The van der Waals surface area contributed by atoms with Crippen LogP contribution in [0.3, 0.4) is 0 Å². The molecule has 2 N–H and O–H groups in total. The largest absolute Gasteiger partial charge is 0.395 e. The molecule has 0 bridgehead atoms. The Morgan fingerprint density at radius 2 is 2.00 bits per heavy atom. The molecule has 0 radical (unpaired) electrons. The summed E-state index contributed by atoms with van der Waals surface area (Å²) in [5.41, 5.74) is 4.92. The zero-order chi connectivity index (χ0) is 19.7. The van der Waals surface area contributed by atoms with Gasteiger partial charge in [-0.15, -0.1) is 0 Å². The van der Waals surface area contributed by atoms with E-state index in [9.17, 15) is 5.11 Å². The Kier molecular flexibility index (Phi) is 5.69. The van der Waals surface area contributed by atoms with Crippen LogP contribution in [-0.2, 0) is 0 Å². The first-order chi connectivity index (χ1) is 13.6. The molecule has 1 aliphatic carbocycles. The predicted octanol–water partition coefficient (Wildman–Crippen LogP) is 3.97. The highest BCUT2D eigenvalue weighted by Gasteiger charge is 2.41. The number of aliphatic hydroxyl groups excluding tert-OH is 1. The number of β-amino-alcohol motifs (C(OH)–C–C–N with tert-alkyl or cyclic N) is 1. The van der Waals surface area contributed by atoms with E-state index in [1.54, 1.807) is 0 Å². The average molecular weight is 399 g/mol. The molecule has 2 aromatic rings. The molecule has 6 heteroatoms. The Hall–Kier alpha value is -1.92. The smallest absolute Gasteiger partial charge is 0.170 e. The van der Waals surface area contributed by atoms with Gasteiger partial charge in [0.15, 0.2) is 5.11 Å². The van der Waals surface area contributed by atoms with Crippen molar-refractivity contribution in [3.63, 3.8) is 0 Å². The quantitative estimate of drug-likeness (QED) is 0.747. The fourth-order valence-corrected chi connectivity index (χ4v) is 5.43. The maximum absolute atomic E-state index is 9.65. The van der Waals surface area contributed by atoms with Gasteiger partial charge in [0.2, 0.25) is 0 Å². The number of pyridine rings is 1. The topological polar surface area (TPSA) is 53.3 Å². The third kappa shape index (κ3) is 3.44. The number of nitrogens with zero attached hydrogens (tertiary/aromatic N) is 3. The first-order valence-corrected chi connectivity index (χ1v) is 10.8. The summed E-state index contributed by atoms with van der Waals surface area (Å²) in [5, 5.41) is 13.8. The summed E-state index contributed by atoms with van der Waals surface area (Å²) in [6.07, 6.45) is 8.35. The molecule has 0 amide bonds. The summed E-state index contributed by atoms with van der Waals surface area (Å²) in [5.74, 6) is 0. The molecule has 2 fully saturated rings. The first-order valence-electron chi connectivity index (χ1n) is 10.4. The van der Waals surface area contributed by atoms with Crippen molar-refractivity contribution in [2.45, 2.75) is 64.1 Å². The third-order valence-electron chi connectivity index (χ3n) is 6.32. The van der Waals surface area contributed by atoms with Crippen molar-refractivity contribution in [3.8, 4) is 0 Å². The summed E-state index contributed by atoms with van der Waals surface area (Å²) < 4.78 is 2.54. The fourth-order valence-electron chi connectivity index (χ4n) is 5.10. The zero-order valence-electron chi connectivity index (χ0n) is 16.8. The normalized spacial score (nSPS) is 23.2. The van der Waals surface area contributed by atoms with Crippen LogP contribution in [0.2, 0.25) is 0 Å². The molecule has 2 unspecified atom stereocenters. The van der Waals surface area contributed by atoms with Crippen LogP contribution in [0.15, 0.2) is 30.5 Å². The van der Waals surface area contributed by atoms with E-state index in [-0.39, 0.29) is 18.7 Å². The summed E-state index contributed by atoms with van der Waals surface area (Å²) in [7, 11) is 0. The van der Waals surface area contributed by atoms with Gasteiger partial charge in [-0.1, -0.05) is 25.3 Å². The number of rotatable bonds is 5. The zero-order valence-corrected chi connectivity index (χ0v) is 17.6. The summed E-state index contributed by atoms with van der Waals surface area (Å²) in [6, 6.07) is 8.96. The molecule has 3 heterocycles. The molecule has 28 heavy (non-hydrogen) atoms. The molecule has 150 valence electrons. The SMILES string of the molecule is Cc1cc(C2C(c3ccccn3)NC(=S)N2CCO)c(C)n1C1CCCCC1. The summed E-state index contributed by atoms with van der Waals surface area (Å²) in [4.78, 5) is 6.72. The van der Waals surface area contributed by atoms with E-state index < -0.39 is 0 Å². The van der Waals surface area contributed by atoms with E-state index in [1.807, 2.05) is 18.3 Å². The monoisotopic (exact) mass is 398 g/mol. The maximum atomic E-state index is 9.65. The van der Waals surface area contributed by atoms with E-state index in [1.165, 1.54) is 49.1 Å². The number of nitrogens with one attached hydrogen (secondary N) is 1. The van der Waals surface area contributed by atoms with Crippen LogP contribution in [0.25, 0.3) is 0 Å². The number of hydrogen-bond acceptors (Lipinski definition) is 3. The van der Waals surface area contributed by atoms with Crippen LogP contribution in [0.1, 0.15) is 72.9 Å². The molecule has 2 atom stereocenters. The van der Waals surface area contributed by atoms with Crippen LogP contribution in [0.4, 0.5) is 0 Å². The van der Waals surface area contributed by atoms with Gasteiger partial charge in [0.05, 0.1) is 24.4 Å². The average Bonchev–Trinajstić information content (AvgIpc) is 3.19. The van der Waals surface area contributed by atoms with Crippen LogP contribution in [0.5, 0.6) is 0 Å². The van der Waals surface area contributed by atoms with Crippen LogP contribution < -0.4 is 5.32 Å². The highest BCUT2D eigenvalue weighted by atomic mass is 32.1. The molecule has 5 nitrogen and oxygen atoms in total. The standard InChI is InChI=1S/C22H30N4OS/c1-15-14-18(16(2)26(15)17-8-4-3-5-9-17)21-20(19-10-6-7-11-23-19)24-22(28)25(21)12-13-27/h6-7,10-11,14,17,20-21,27H,3-5,8-9,12-13H2,1-2H3,(H,24,28). The minimum atomic E-state index is -0.0134. The molecule has 1 saturated carbocycles. The molecule has 1 aliphatic heterocycles. The van der Waals surface area contributed by atoms with E-state index in [0.717, 1.165) is 5.69 Å². The van der Waals surface area contributed by atoms with E-state index >= 15 is 0 Å². The third-order valence-corrected chi connectivity index (χ3v) is 6.67. The van der Waals surface area contributed by atoms with E-state index in [0.29, 0.717) is 17.7 Å². The van der Waals surface area contributed by atoms with Gasteiger partial charge >= 0.3 is 0 Å². The van der Waals surface area contributed by atoms with E-state index in [2.05, 4.69) is 45.7 Å². The van der Waals surface area contributed by atoms with Crippen LogP contribution in [-0.4, -0.2) is 37.8 Å². The van der Waals surface area contributed by atoms with Crippen LogP contribution in [0, 0.1) is 13.8 Å². The molecule has 0 aromatic carbocycles.